The molecule has 0 saturated carbocycles. The molecule has 0 saturated heterocycles. The molecule has 0 aliphatic carbocycles. The maximum atomic E-state index is 13.4. The Morgan fingerprint density at radius 1 is 0.686 bits per heavy atom. The third-order valence-corrected chi connectivity index (χ3v) is 5.88. The lowest BCUT2D eigenvalue weighted by Crippen LogP contribution is -2.49. The number of carbonyl (C=O) groups excluding carboxylic acids is 2. The van der Waals surface area contributed by atoms with Crippen LogP contribution in [0, 0.1) is 0 Å². The van der Waals surface area contributed by atoms with Gasteiger partial charge >= 0.3 is 5.97 Å². The summed E-state index contributed by atoms with van der Waals surface area (Å²) in [6.07, 6.45) is -0.206. The first kappa shape index (κ1) is 23.9. The van der Waals surface area contributed by atoms with E-state index in [0.717, 1.165) is 22.3 Å². The topological polar surface area (TPSA) is 81.4 Å². The monoisotopic (exact) mass is 464 g/mol. The van der Waals surface area contributed by atoms with Gasteiger partial charge in [0.25, 0.3) is 0 Å². The van der Waals surface area contributed by atoms with Gasteiger partial charge in [0.05, 0.1) is 6.42 Å². The van der Waals surface area contributed by atoms with Crippen molar-refractivity contribution in [1.82, 2.24) is 5.32 Å². The van der Waals surface area contributed by atoms with Crippen molar-refractivity contribution in [1.29, 1.82) is 0 Å². The van der Waals surface area contributed by atoms with Crippen molar-refractivity contribution < 1.29 is 14.3 Å². The van der Waals surface area contributed by atoms with Gasteiger partial charge in [0.15, 0.2) is 0 Å². The smallest absolute Gasteiger partial charge is 0.323 e. The van der Waals surface area contributed by atoms with Crippen LogP contribution in [0.25, 0.3) is 0 Å². The van der Waals surface area contributed by atoms with Crippen LogP contribution in [0.4, 0.5) is 0 Å². The molecule has 0 aromatic heterocycles. The van der Waals surface area contributed by atoms with Crippen molar-refractivity contribution in [3.05, 3.63) is 144 Å². The number of rotatable bonds is 9. The minimum atomic E-state index is -1.08. The molecular formula is C30H28N2O3. The molecule has 0 radical (unpaired) electrons. The Balaban J connectivity index is 1.60. The van der Waals surface area contributed by atoms with Gasteiger partial charge in [-0.2, -0.15) is 0 Å². The summed E-state index contributed by atoms with van der Waals surface area (Å²) in [5.74, 6) is -0.973. The summed E-state index contributed by atoms with van der Waals surface area (Å²) in [6.45, 7) is 0.108. The highest BCUT2D eigenvalue weighted by molar-refractivity contribution is 5.86. The van der Waals surface area contributed by atoms with E-state index in [2.05, 4.69) is 5.32 Å². The van der Waals surface area contributed by atoms with Crippen LogP contribution >= 0.6 is 0 Å². The Morgan fingerprint density at radius 3 is 1.51 bits per heavy atom. The number of ether oxygens (including phenoxy) is 1. The standard InChI is InChI=1S/C30H28N2O3/c31-27(29(34)35-22-23-13-5-1-6-14-23)21-28(33)32-30(24-15-7-2-8-16-24,25-17-9-3-10-18-25)26-19-11-4-12-20-26/h1-20,27H,21-22,31H2,(H,32,33). The lowest BCUT2D eigenvalue weighted by atomic mass is 9.77. The van der Waals surface area contributed by atoms with Crippen molar-refractivity contribution in [2.75, 3.05) is 0 Å². The Morgan fingerprint density at radius 2 is 1.09 bits per heavy atom. The lowest BCUT2D eigenvalue weighted by molar-refractivity contribution is -0.148. The molecule has 3 N–H and O–H groups in total. The summed E-state index contributed by atoms with van der Waals surface area (Å²) in [7, 11) is 0. The Bertz CT molecular complexity index is 1130. The molecule has 4 rings (SSSR count). The first-order chi connectivity index (χ1) is 17.1. The van der Waals surface area contributed by atoms with Crippen molar-refractivity contribution >= 4 is 11.9 Å². The molecule has 0 heterocycles. The van der Waals surface area contributed by atoms with Crippen LogP contribution < -0.4 is 11.1 Å². The summed E-state index contributed by atoms with van der Waals surface area (Å²) in [6, 6.07) is 37.6. The molecule has 5 nitrogen and oxygen atoms in total. The first-order valence-corrected chi connectivity index (χ1v) is 11.5. The Labute approximate surface area is 205 Å². The van der Waals surface area contributed by atoms with E-state index in [4.69, 9.17) is 10.5 Å². The van der Waals surface area contributed by atoms with E-state index in [0.29, 0.717) is 0 Å². The molecule has 176 valence electrons. The molecule has 1 unspecified atom stereocenters. The molecular weight excluding hydrogens is 436 g/mol. The first-order valence-electron chi connectivity index (χ1n) is 11.5. The largest absolute Gasteiger partial charge is 0.460 e. The minimum Gasteiger partial charge on any atom is -0.460 e. The number of nitrogens with two attached hydrogens (primary N) is 1. The summed E-state index contributed by atoms with van der Waals surface area (Å²) in [5.41, 5.74) is 8.66. The molecule has 0 spiro atoms. The average Bonchev–Trinajstić information content (AvgIpc) is 2.92. The summed E-state index contributed by atoms with van der Waals surface area (Å²) in [4.78, 5) is 25.9. The number of hydrogen-bond acceptors (Lipinski definition) is 4. The average molecular weight is 465 g/mol. The van der Waals surface area contributed by atoms with Gasteiger partial charge in [-0.1, -0.05) is 121 Å². The zero-order chi connectivity index (χ0) is 24.5. The molecule has 5 heteroatoms. The van der Waals surface area contributed by atoms with Crippen LogP contribution in [-0.2, 0) is 26.5 Å². The Hall–Kier alpha value is -4.22. The fourth-order valence-electron chi connectivity index (χ4n) is 4.16. The highest BCUT2D eigenvalue weighted by Gasteiger charge is 2.38. The van der Waals surface area contributed by atoms with E-state index in [9.17, 15) is 9.59 Å². The molecule has 0 aliphatic heterocycles. The zero-order valence-electron chi connectivity index (χ0n) is 19.3. The second kappa shape index (κ2) is 11.3. The number of hydrogen-bond donors (Lipinski definition) is 2. The predicted octanol–water partition coefficient (Wildman–Crippen LogP) is 4.56. The second-order valence-corrected chi connectivity index (χ2v) is 8.30. The molecule has 4 aromatic carbocycles. The summed E-state index contributed by atoms with van der Waals surface area (Å²) in [5, 5.41) is 3.21. The quantitative estimate of drug-likeness (QED) is 0.281. The molecule has 1 atom stereocenters. The van der Waals surface area contributed by atoms with Crippen molar-refractivity contribution in [2.45, 2.75) is 24.6 Å². The molecule has 0 aliphatic rings. The lowest BCUT2D eigenvalue weighted by Gasteiger charge is -2.37. The third-order valence-electron chi connectivity index (χ3n) is 5.88. The number of amides is 1. The number of nitrogens with one attached hydrogen (secondary N) is 1. The van der Waals surface area contributed by atoms with Gasteiger partial charge in [0.1, 0.15) is 18.2 Å². The second-order valence-electron chi connectivity index (χ2n) is 8.30. The molecule has 0 bridgehead atoms. The van der Waals surface area contributed by atoms with Crippen molar-refractivity contribution in [3.63, 3.8) is 0 Å². The maximum Gasteiger partial charge on any atom is 0.323 e. The number of benzene rings is 4. The van der Waals surface area contributed by atoms with Crippen molar-refractivity contribution in [2.24, 2.45) is 5.73 Å². The van der Waals surface area contributed by atoms with Crippen LogP contribution in [-0.4, -0.2) is 17.9 Å². The third kappa shape index (κ3) is 5.65. The maximum absolute atomic E-state index is 13.4. The van der Waals surface area contributed by atoms with E-state index in [1.165, 1.54) is 0 Å². The normalized spacial score (nSPS) is 11.9. The molecule has 4 aromatic rings. The summed E-state index contributed by atoms with van der Waals surface area (Å²) >= 11 is 0. The van der Waals surface area contributed by atoms with Crippen molar-refractivity contribution in [3.8, 4) is 0 Å². The van der Waals surface area contributed by atoms with E-state index in [1.54, 1.807) is 0 Å². The van der Waals surface area contributed by atoms with Gasteiger partial charge in [0.2, 0.25) is 5.91 Å². The van der Waals surface area contributed by atoms with E-state index in [-0.39, 0.29) is 18.9 Å². The van der Waals surface area contributed by atoms with Crippen LogP contribution in [0.1, 0.15) is 28.7 Å². The fourth-order valence-corrected chi connectivity index (χ4v) is 4.16. The SMILES string of the molecule is NC(CC(=O)NC(c1ccccc1)(c1ccccc1)c1ccccc1)C(=O)OCc1ccccc1. The highest BCUT2D eigenvalue weighted by Crippen LogP contribution is 2.36. The molecule has 1 amide bonds. The molecule has 35 heavy (non-hydrogen) atoms. The summed E-state index contributed by atoms with van der Waals surface area (Å²) < 4.78 is 5.33. The highest BCUT2D eigenvalue weighted by atomic mass is 16.5. The van der Waals surface area contributed by atoms with Crippen LogP contribution in [0.2, 0.25) is 0 Å². The van der Waals surface area contributed by atoms with Crippen LogP contribution in [0.3, 0.4) is 0 Å². The minimum absolute atomic E-state index is 0.108. The van der Waals surface area contributed by atoms with E-state index >= 15 is 0 Å². The van der Waals surface area contributed by atoms with Gasteiger partial charge in [0, 0.05) is 0 Å². The van der Waals surface area contributed by atoms with Crippen LogP contribution in [0.15, 0.2) is 121 Å². The van der Waals surface area contributed by atoms with Gasteiger partial charge in [-0.05, 0) is 22.3 Å². The van der Waals surface area contributed by atoms with Gasteiger partial charge < -0.3 is 15.8 Å². The zero-order valence-corrected chi connectivity index (χ0v) is 19.3. The number of carbonyl (C=O) groups is 2. The predicted molar refractivity (Wildman–Crippen MR) is 136 cm³/mol. The Kier molecular flexibility index (Phi) is 7.70. The van der Waals surface area contributed by atoms with E-state index < -0.39 is 17.6 Å². The van der Waals surface area contributed by atoms with E-state index in [1.807, 2.05) is 121 Å². The van der Waals surface area contributed by atoms with Crippen LogP contribution in [0.5, 0.6) is 0 Å². The number of esters is 1. The van der Waals surface area contributed by atoms with Gasteiger partial charge in [-0.15, -0.1) is 0 Å². The van der Waals surface area contributed by atoms with Gasteiger partial charge in [-0.25, -0.2) is 0 Å². The molecule has 0 fully saturated rings. The fraction of sp³-hybridized carbons (Fsp3) is 0.133. The van der Waals surface area contributed by atoms with Gasteiger partial charge in [-0.3, -0.25) is 9.59 Å².